The van der Waals surface area contributed by atoms with Crippen LogP contribution in [0.15, 0.2) is 18.2 Å². The Morgan fingerprint density at radius 3 is 2.88 bits per heavy atom. The summed E-state index contributed by atoms with van der Waals surface area (Å²) in [7, 11) is 0. The zero-order valence-electron chi connectivity index (χ0n) is 10.7. The van der Waals surface area contributed by atoms with E-state index in [0.29, 0.717) is 0 Å². The van der Waals surface area contributed by atoms with Crippen LogP contribution in [0.5, 0.6) is 0 Å². The second-order valence-corrected chi connectivity index (χ2v) is 5.24. The Bertz CT molecular complexity index is 394. The number of hydrogen-bond donors (Lipinski definition) is 1. The molecule has 0 spiro atoms. The SMILES string of the molecule is CCN1CCc2cc(C3CCNCC3)ccc21. The van der Waals surface area contributed by atoms with Gasteiger partial charge in [0.15, 0.2) is 0 Å². The molecule has 2 heteroatoms. The van der Waals surface area contributed by atoms with Crippen molar-refractivity contribution < 1.29 is 0 Å². The van der Waals surface area contributed by atoms with Crippen molar-refractivity contribution >= 4 is 5.69 Å². The Hall–Kier alpha value is -1.02. The molecule has 0 saturated carbocycles. The van der Waals surface area contributed by atoms with Gasteiger partial charge in [-0.2, -0.15) is 0 Å². The predicted molar refractivity (Wildman–Crippen MR) is 72.9 cm³/mol. The van der Waals surface area contributed by atoms with Gasteiger partial charge in [0.25, 0.3) is 0 Å². The van der Waals surface area contributed by atoms with Crippen molar-refractivity contribution in [1.82, 2.24) is 5.32 Å². The maximum atomic E-state index is 3.44. The minimum Gasteiger partial charge on any atom is -0.371 e. The zero-order valence-corrected chi connectivity index (χ0v) is 10.7. The van der Waals surface area contributed by atoms with Crippen molar-refractivity contribution in [3.05, 3.63) is 29.3 Å². The molecule has 1 aromatic carbocycles. The molecular formula is C15H22N2. The molecule has 0 aliphatic carbocycles. The largest absolute Gasteiger partial charge is 0.371 e. The summed E-state index contributed by atoms with van der Waals surface area (Å²) in [5.74, 6) is 0.789. The molecule has 2 aliphatic heterocycles. The third-order valence-electron chi connectivity index (χ3n) is 4.29. The fourth-order valence-electron chi connectivity index (χ4n) is 3.23. The van der Waals surface area contributed by atoms with Gasteiger partial charge in [0.05, 0.1) is 0 Å². The highest BCUT2D eigenvalue weighted by Gasteiger charge is 2.20. The van der Waals surface area contributed by atoms with E-state index >= 15 is 0 Å². The van der Waals surface area contributed by atoms with Crippen molar-refractivity contribution in [2.75, 3.05) is 31.1 Å². The molecule has 2 heterocycles. The quantitative estimate of drug-likeness (QED) is 0.840. The van der Waals surface area contributed by atoms with Crippen LogP contribution in [0.2, 0.25) is 0 Å². The summed E-state index contributed by atoms with van der Waals surface area (Å²) in [6, 6.07) is 7.19. The summed E-state index contributed by atoms with van der Waals surface area (Å²) in [5, 5.41) is 3.44. The van der Waals surface area contributed by atoms with Gasteiger partial charge in [-0.25, -0.2) is 0 Å². The van der Waals surface area contributed by atoms with Crippen molar-refractivity contribution in [3.8, 4) is 0 Å². The van der Waals surface area contributed by atoms with E-state index < -0.39 is 0 Å². The number of fused-ring (bicyclic) bond motifs is 1. The number of piperidine rings is 1. The van der Waals surface area contributed by atoms with Crippen LogP contribution in [0.4, 0.5) is 5.69 Å². The van der Waals surface area contributed by atoms with Crippen molar-refractivity contribution in [2.24, 2.45) is 0 Å². The van der Waals surface area contributed by atoms with Crippen LogP contribution in [-0.2, 0) is 6.42 Å². The molecule has 0 radical (unpaired) electrons. The van der Waals surface area contributed by atoms with E-state index in [2.05, 4.69) is 35.3 Å². The van der Waals surface area contributed by atoms with E-state index in [4.69, 9.17) is 0 Å². The smallest absolute Gasteiger partial charge is 0.0399 e. The van der Waals surface area contributed by atoms with Gasteiger partial charge in [0.1, 0.15) is 0 Å². The van der Waals surface area contributed by atoms with Crippen molar-refractivity contribution in [1.29, 1.82) is 0 Å². The minimum atomic E-state index is 0.789. The average molecular weight is 230 g/mol. The summed E-state index contributed by atoms with van der Waals surface area (Å²) in [6.07, 6.45) is 3.84. The predicted octanol–water partition coefficient (Wildman–Crippen LogP) is 2.54. The van der Waals surface area contributed by atoms with Gasteiger partial charge >= 0.3 is 0 Å². The molecule has 2 nitrogen and oxygen atoms in total. The molecule has 17 heavy (non-hydrogen) atoms. The highest BCUT2D eigenvalue weighted by atomic mass is 15.1. The van der Waals surface area contributed by atoms with Crippen LogP contribution in [0.3, 0.4) is 0 Å². The first kappa shape index (κ1) is 11.1. The summed E-state index contributed by atoms with van der Waals surface area (Å²) in [5.41, 5.74) is 4.62. The van der Waals surface area contributed by atoms with E-state index in [9.17, 15) is 0 Å². The summed E-state index contributed by atoms with van der Waals surface area (Å²) >= 11 is 0. The first-order chi connectivity index (χ1) is 8.38. The average Bonchev–Trinajstić information content (AvgIpc) is 2.81. The van der Waals surface area contributed by atoms with Gasteiger partial charge in [-0.1, -0.05) is 12.1 Å². The number of hydrogen-bond acceptors (Lipinski definition) is 2. The topological polar surface area (TPSA) is 15.3 Å². The maximum absolute atomic E-state index is 3.44. The van der Waals surface area contributed by atoms with E-state index in [-0.39, 0.29) is 0 Å². The molecular weight excluding hydrogens is 208 g/mol. The van der Waals surface area contributed by atoms with E-state index in [1.54, 1.807) is 11.1 Å². The second-order valence-electron chi connectivity index (χ2n) is 5.24. The van der Waals surface area contributed by atoms with Crippen molar-refractivity contribution in [3.63, 3.8) is 0 Å². The van der Waals surface area contributed by atoms with Crippen LogP contribution < -0.4 is 10.2 Å². The molecule has 1 fully saturated rings. The van der Waals surface area contributed by atoms with Crippen LogP contribution in [0.25, 0.3) is 0 Å². The number of anilines is 1. The number of rotatable bonds is 2. The molecule has 0 atom stereocenters. The monoisotopic (exact) mass is 230 g/mol. The standard InChI is InChI=1S/C15H22N2/c1-2-17-10-7-14-11-13(3-4-15(14)17)12-5-8-16-9-6-12/h3-4,11-12,16H,2,5-10H2,1H3. The maximum Gasteiger partial charge on any atom is 0.0399 e. The van der Waals surface area contributed by atoms with Crippen LogP contribution >= 0.6 is 0 Å². The molecule has 3 rings (SSSR count). The van der Waals surface area contributed by atoms with Gasteiger partial charge < -0.3 is 10.2 Å². The molecule has 2 aliphatic rings. The highest BCUT2D eigenvalue weighted by molar-refractivity contribution is 5.59. The Labute approximate surface area is 104 Å². The van der Waals surface area contributed by atoms with E-state index in [1.807, 2.05) is 0 Å². The Morgan fingerprint density at radius 2 is 2.12 bits per heavy atom. The molecule has 0 amide bonds. The molecule has 0 unspecified atom stereocenters. The number of likely N-dealkylation sites (N-methyl/N-ethyl adjacent to an activating group) is 1. The molecule has 0 bridgehead atoms. The van der Waals surface area contributed by atoms with Crippen molar-refractivity contribution in [2.45, 2.75) is 32.1 Å². The van der Waals surface area contributed by atoms with Gasteiger partial charge in [0.2, 0.25) is 0 Å². The molecule has 0 aromatic heterocycles. The molecule has 92 valence electrons. The van der Waals surface area contributed by atoms with Crippen LogP contribution in [0, 0.1) is 0 Å². The Morgan fingerprint density at radius 1 is 1.29 bits per heavy atom. The number of nitrogens with one attached hydrogen (secondary N) is 1. The van der Waals surface area contributed by atoms with Crippen LogP contribution in [-0.4, -0.2) is 26.2 Å². The highest BCUT2D eigenvalue weighted by Crippen LogP contribution is 2.33. The zero-order chi connectivity index (χ0) is 11.7. The fraction of sp³-hybridized carbons (Fsp3) is 0.600. The van der Waals surface area contributed by atoms with Gasteiger partial charge in [-0.3, -0.25) is 0 Å². The first-order valence-corrected chi connectivity index (χ1v) is 6.97. The van der Waals surface area contributed by atoms with E-state index in [1.165, 1.54) is 44.6 Å². The molecule has 1 aromatic rings. The summed E-state index contributed by atoms with van der Waals surface area (Å²) in [6.45, 7) is 6.96. The van der Waals surface area contributed by atoms with Gasteiger partial charge in [0, 0.05) is 18.8 Å². The van der Waals surface area contributed by atoms with Crippen LogP contribution in [0.1, 0.15) is 36.8 Å². The third-order valence-corrected chi connectivity index (χ3v) is 4.29. The molecule has 1 saturated heterocycles. The lowest BCUT2D eigenvalue weighted by Gasteiger charge is -2.24. The number of benzene rings is 1. The fourth-order valence-corrected chi connectivity index (χ4v) is 3.23. The second kappa shape index (κ2) is 4.69. The lowest BCUT2D eigenvalue weighted by atomic mass is 9.89. The third kappa shape index (κ3) is 2.06. The lowest BCUT2D eigenvalue weighted by molar-refractivity contribution is 0.460. The lowest BCUT2D eigenvalue weighted by Crippen LogP contribution is -2.26. The summed E-state index contributed by atoms with van der Waals surface area (Å²) < 4.78 is 0. The number of nitrogens with zero attached hydrogens (tertiary/aromatic N) is 1. The molecule has 1 N–H and O–H groups in total. The van der Waals surface area contributed by atoms with Gasteiger partial charge in [-0.05, 0) is 62.4 Å². The Balaban J connectivity index is 1.84. The summed E-state index contributed by atoms with van der Waals surface area (Å²) in [4.78, 5) is 2.49. The minimum absolute atomic E-state index is 0.789. The normalized spacial score (nSPS) is 20.6. The Kier molecular flexibility index (Phi) is 3.06. The first-order valence-electron chi connectivity index (χ1n) is 6.97. The van der Waals surface area contributed by atoms with E-state index in [0.717, 1.165) is 12.5 Å². The van der Waals surface area contributed by atoms with Gasteiger partial charge in [-0.15, -0.1) is 0 Å².